The van der Waals surface area contributed by atoms with E-state index in [2.05, 4.69) is 27.9 Å². The van der Waals surface area contributed by atoms with Crippen LogP contribution in [0.1, 0.15) is 5.56 Å². The summed E-state index contributed by atoms with van der Waals surface area (Å²) in [5.41, 5.74) is 1.64. The smallest absolute Gasteiger partial charge is 0.262 e. The SMILES string of the molecule is Cc1ccc(NC(=O)COc2ccc(I)cc2)cc1Cl. The minimum atomic E-state index is -0.219. The van der Waals surface area contributed by atoms with Crippen LogP contribution in [0.25, 0.3) is 0 Å². The number of hydrogen-bond acceptors (Lipinski definition) is 2. The Morgan fingerprint density at radius 3 is 2.60 bits per heavy atom. The molecule has 0 aliphatic heterocycles. The van der Waals surface area contributed by atoms with Crippen LogP contribution in [0.3, 0.4) is 0 Å². The third-order valence-electron chi connectivity index (χ3n) is 2.64. The van der Waals surface area contributed by atoms with Gasteiger partial charge in [0.05, 0.1) is 0 Å². The Kier molecular flexibility index (Phi) is 5.25. The number of carbonyl (C=O) groups excluding carboxylic acids is 1. The number of carbonyl (C=O) groups is 1. The number of anilines is 1. The van der Waals surface area contributed by atoms with Crippen LogP contribution in [0.4, 0.5) is 5.69 Å². The number of rotatable bonds is 4. The molecule has 0 heterocycles. The molecule has 0 unspecified atom stereocenters. The number of ether oxygens (including phenoxy) is 1. The minimum absolute atomic E-state index is 0.0356. The van der Waals surface area contributed by atoms with E-state index in [1.54, 1.807) is 6.07 Å². The lowest BCUT2D eigenvalue weighted by molar-refractivity contribution is -0.118. The summed E-state index contributed by atoms with van der Waals surface area (Å²) >= 11 is 8.21. The van der Waals surface area contributed by atoms with E-state index in [1.165, 1.54) is 0 Å². The second-order valence-corrected chi connectivity index (χ2v) is 5.91. The largest absolute Gasteiger partial charge is 0.484 e. The topological polar surface area (TPSA) is 38.3 Å². The highest BCUT2D eigenvalue weighted by Crippen LogP contribution is 2.20. The van der Waals surface area contributed by atoms with Crippen molar-refractivity contribution in [2.45, 2.75) is 6.92 Å². The van der Waals surface area contributed by atoms with Crippen molar-refractivity contribution in [3.63, 3.8) is 0 Å². The highest BCUT2D eigenvalue weighted by atomic mass is 127. The normalized spacial score (nSPS) is 10.2. The first-order chi connectivity index (χ1) is 9.54. The van der Waals surface area contributed by atoms with E-state index in [1.807, 2.05) is 43.3 Å². The minimum Gasteiger partial charge on any atom is -0.484 e. The molecule has 0 aromatic heterocycles. The molecule has 3 nitrogen and oxygen atoms in total. The van der Waals surface area contributed by atoms with Crippen LogP contribution >= 0.6 is 34.2 Å². The van der Waals surface area contributed by atoms with Gasteiger partial charge in [0.25, 0.3) is 5.91 Å². The van der Waals surface area contributed by atoms with Crippen LogP contribution in [-0.4, -0.2) is 12.5 Å². The van der Waals surface area contributed by atoms with E-state index in [0.29, 0.717) is 16.5 Å². The summed E-state index contributed by atoms with van der Waals surface area (Å²) in [5.74, 6) is 0.450. The molecule has 2 aromatic rings. The van der Waals surface area contributed by atoms with Crippen molar-refractivity contribution in [1.29, 1.82) is 0 Å². The lowest BCUT2D eigenvalue weighted by Gasteiger charge is -2.08. The van der Waals surface area contributed by atoms with Crippen LogP contribution in [0, 0.1) is 10.5 Å². The molecule has 20 heavy (non-hydrogen) atoms. The fourth-order valence-corrected chi connectivity index (χ4v) is 2.09. The zero-order valence-electron chi connectivity index (χ0n) is 10.8. The average Bonchev–Trinajstić information content (AvgIpc) is 2.42. The molecular weight excluding hydrogens is 389 g/mol. The molecule has 2 aromatic carbocycles. The molecule has 1 N–H and O–H groups in total. The second-order valence-electron chi connectivity index (χ2n) is 4.25. The van der Waals surface area contributed by atoms with Crippen molar-refractivity contribution in [3.8, 4) is 5.75 Å². The van der Waals surface area contributed by atoms with Crippen molar-refractivity contribution in [1.82, 2.24) is 0 Å². The molecule has 0 saturated carbocycles. The van der Waals surface area contributed by atoms with Crippen molar-refractivity contribution < 1.29 is 9.53 Å². The number of hydrogen-bond donors (Lipinski definition) is 1. The molecule has 0 aliphatic carbocycles. The van der Waals surface area contributed by atoms with Crippen molar-refractivity contribution in [3.05, 3.63) is 56.6 Å². The third-order valence-corrected chi connectivity index (χ3v) is 3.77. The molecule has 0 bridgehead atoms. The summed E-state index contributed by atoms with van der Waals surface area (Å²) in [7, 11) is 0. The van der Waals surface area contributed by atoms with Crippen LogP contribution < -0.4 is 10.1 Å². The predicted molar refractivity (Wildman–Crippen MR) is 89.5 cm³/mol. The Morgan fingerprint density at radius 2 is 1.95 bits per heavy atom. The van der Waals surface area contributed by atoms with Gasteiger partial charge in [-0.3, -0.25) is 4.79 Å². The monoisotopic (exact) mass is 401 g/mol. The molecular formula is C15H13ClINO2. The van der Waals surface area contributed by atoms with Crippen molar-refractivity contribution in [2.24, 2.45) is 0 Å². The lowest BCUT2D eigenvalue weighted by atomic mass is 10.2. The van der Waals surface area contributed by atoms with Gasteiger partial charge in [0.1, 0.15) is 5.75 Å². The summed E-state index contributed by atoms with van der Waals surface area (Å²) in [6.45, 7) is 1.87. The van der Waals surface area contributed by atoms with Gasteiger partial charge in [0, 0.05) is 14.3 Å². The fourth-order valence-electron chi connectivity index (χ4n) is 1.55. The molecule has 0 radical (unpaired) electrons. The number of aryl methyl sites for hydroxylation is 1. The maximum absolute atomic E-state index is 11.8. The van der Waals surface area contributed by atoms with Crippen LogP contribution in [0.5, 0.6) is 5.75 Å². The molecule has 5 heteroatoms. The number of halogens is 2. The Balaban J connectivity index is 1.89. The highest BCUT2D eigenvalue weighted by molar-refractivity contribution is 14.1. The molecule has 0 fully saturated rings. The van der Waals surface area contributed by atoms with Gasteiger partial charge in [-0.1, -0.05) is 17.7 Å². The van der Waals surface area contributed by atoms with E-state index in [9.17, 15) is 4.79 Å². The molecule has 1 amide bonds. The number of amides is 1. The number of benzene rings is 2. The molecule has 0 saturated heterocycles. The zero-order valence-corrected chi connectivity index (χ0v) is 13.7. The van der Waals surface area contributed by atoms with Gasteiger partial charge >= 0.3 is 0 Å². The fraction of sp³-hybridized carbons (Fsp3) is 0.133. The molecule has 104 valence electrons. The zero-order chi connectivity index (χ0) is 14.5. The Morgan fingerprint density at radius 1 is 1.25 bits per heavy atom. The summed E-state index contributed by atoms with van der Waals surface area (Å²) < 4.78 is 6.52. The molecule has 0 atom stereocenters. The Bertz CT molecular complexity index is 614. The quantitative estimate of drug-likeness (QED) is 0.777. The van der Waals surface area contributed by atoms with Gasteiger partial charge in [0.2, 0.25) is 0 Å². The second kappa shape index (κ2) is 6.95. The highest BCUT2D eigenvalue weighted by Gasteiger charge is 2.05. The first kappa shape index (κ1) is 15.1. The van der Waals surface area contributed by atoms with E-state index in [0.717, 1.165) is 9.13 Å². The molecule has 0 spiro atoms. The summed E-state index contributed by atoms with van der Waals surface area (Å²) in [6.07, 6.45) is 0. The maximum Gasteiger partial charge on any atom is 0.262 e. The van der Waals surface area contributed by atoms with Gasteiger partial charge in [-0.15, -0.1) is 0 Å². The van der Waals surface area contributed by atoms with Crippen LogP contribution in [0.15, 0.2) is 42.5 Å². The van der Waals surface area contributed by atoms with E-state index < -0.39 is 0 Å². The van der Waals surface area contributed by atoms with Gasteiger partial charge in [-0.05, 0) is 71.5 Å². The molecule has 0 aliphatic rings. The van der Waals surface area contributed by atoms with Gasteiger partial charge in [0.15, 0.2) is 6.61 Å². The average molecular weight is 402 g/mol. The summed E-state index contributed by atoms with van der Waals surface area (Å²) in [6, 6.07) is 12.9. The third kappa shape index (κ3) is 4.38. The number of nitrogens with one attached hydrogen (secondary N) is 1. The van der Waals surface area contributed by atoms with Gasteiger partial charge < -0.3 is 10.1 Å². The predicted octanol–water partition coefficient (Wildman–Crippen LogP) is 4.27. The van der Waals surface area contributed by atoms with E-state index in [4.69, 9.17) is 16.3 Å². The van der Waals surface area contributed by atoms with Crippen molar-refractivity contribution in [2.75, 3.05) is 11.9 Å². The lowest BCUT2D eigenvalue weighted by Crippen LogP contribution is -2.20. The maximum atomic E-state index is 11.8. The summed E-state index contributed by atoms with van der Waals surface area (Å²) in [4.78, 5) is 11.8. The van der Waals surface area contributed by atoms with Crippen molar-refractivity contribution >= 4 is 45.8 Å². The first-order valence-corrected chi connectivity index (χ1v) is 7.44. The Labute approximate surface area is 136 Å². The van der Waals surface area contributed by atoms with Crippen LogP contribution in [0.2, 0.25) is 5.02 Å². The van der Waals surface area contributed by atoms with Gasteiger partial charge in [-0.2, -0.15) is 0 Å². The standard InChI is InChI=1S/C15H13ClINO2/c1-10-2-5-12(8-14(10)16)18-15(19)9-20-13-6-3-11(17)4-7-13/h2-8H,9H2,1H3,(H,18,19). The summed E-state index contributed by atoms with van der Waals surface area (Å²) in [5, 5.41) is 3.37. The van der Waals surface area contributed by atoms with Gasteiger partial charge in [-0.25, -0.2) is 0 Å². The molecule has 2 rings (SSSR count). The van der Waals surface area contributed by atoms with Crippen LogP contribution in [-0.2, 0) is 4.79 Å². The van der Waals surface area contributed by atoms with E-state index in [-0.39, 0.29) is 12.5 Å². The first-order valence-electron chi connectivity index (χ1n) is 5.99. The van der Waals surface area contributed by atoms with E-state index >= 15 is 0 Å². The Hall–Kier alpha value is -1.27.